The number of halogens is 2. The molecule has 0 bridgehead atoms. The van der Waals surface area contributed by atoms with Crippen LogP contribution in [0.2, 0.25) is 5.02 Å². The summed E-state index contributed by atoms with van der Waals surface area (Å²) in [6.07, 6.45) is 3.57. The lowest BCUT2D eigenvalue weighted by molar-refractivity contribution is 0.0901. The molecule has 1 aromatic rings. The molecule has 6 heteroatoms. The Bertz CT molecular complexity index is 571. The molecule has 1 aromatic carbocycles. The normalized spacial score (nSPS) is 25.4. The fraction of sp³-hybridized carbons (Fsp3) is 0.467. The summed E-state index contributed by atoms with van der Waals surface area (Å²) in [5.41, 5.74) is 5.76. The second-order valence-corrected chi connectivity index (χ2v) is 7.47. The van der Waals surface area contributed by atoms with Gasteiger partial charge in [-0.25, -0.2) is 0 Å². The summed E-state index contributed by atoms with van der Waals surface area (Å²) in [5, 5.41) is 3.43. The van der Waals surface area contributed by atoms with Gasteiger partial charge in [-0.15, -0.1) is 0 Å². The first-order valence-corrected chi connectivity index (χ1v) is 8.49. The third-order valence-corrected chi connectivity index (χ3v) is 5.32. The maximum atomic E-state index is 12.5. The van der Waals surface area contributed by atoms with Gasteiger partial charge in [0.05, 0.1) is 21.1 Å². The number of thiocarbonyl (C=S) groups is 1. The molecule has 1 aliphatic carbocycles. The van der Waals surface area contributed by atoms with Crippen molar-refractivity contribution in [3.8, 4) is 0 Å². The number of nitrogens with two attached hydrogens (primary N) is 1. The first kappa shape index (κ1) is 16.7. The van der Waals surface area contributed by atoms with Crippen molar-refractivity contribution in [2.75, 3.05) is 0 Å². The zero-order valence-electron chi connectivity index (χ0n) is 11.8. The fourth-order valence-electron chi connectivity index (χ4n) is 2.65. The number of hydrogen-bond acceptors (Lipinski definition) is 2. The smallest absolute Gasteiger partial charge is 0.253 e. The predicted octanol–water partition coefficient (Wildman–Crippen LogP) is 4.07. The molecule has 1 fully saturated rings. The SMILES string of the molecule is CC1CCC(NC(=O)c2ccc(Br)cc2Cl)(C(N)=S)CC1. The number of hydrogen-bond donors (Lipinski definition) is 2. The van der Waals surface area contributed by atoms with E-state index >= 15 is 0 Å². The van der Waals surface area contributed by atoms with Crippen molar-refractivity contribution in [2.24, 2.45) is 11.7 Å². The van der Waals surface area contributed by atoms with Crippen molar-refractivity contribution in [1.29, 1.82) is 0 Å². The zero-order valence-corrected chi connectivity index (χ0v) is 14.9. The Morgan fingerprint density at radius 2 is 2.10 bits per heavy atom. The summed E-state index contributed by atoms with van der Waals surface area (Å²) >= 11 is 14.7. The summed E-state index contributed by atoms with van der Waals surface area (Å²) in [5.74, 6) is 0.412. The molecular weight excluding hydrogens is 372 g/mol. The van der Waals surface area contributed by atoms with Crippen LogP contribution in [0.25, 0.3) is 0 Å². The van der Waals surface area contributed by atoms with E-state index < -0.39 is 5.54 Å². The first-order valence-electron chi connectivity index (χ1n) is 6.91. The quantitative estimate of drug-likeness (QED) is 0.766. The lowest BCUT2D eigenvalue weighted by atomic mass is 9.77. The van der Waals surface area contributed by atoms with Crippen LogP contribution in [0.5, 0.6) is 0 Å². The van der Waals surface area contributed by atoms with Crippen molar-refractivity contribution in [3.63, 3.8) is 0 Å². The molecule has 0 spiro atoms. The van der Waals surface area contributed by atoms with Gasteiger partial charge in [-0.1, -0.05) is 46.7 Å². The van der Waals surface area contributed by atoms with Crippen molar-refractivity contribution in [1.82, 2.24) is 5.32 Å². The number of benzene rings is 1. The molecule has 0 heterocycles. The van der Waals surface area contributed by atoms with Crippen LogP contribution in [0.15, 0.2) is 22.7 Å². The molecule has 0 unspecified atom stereocenters. The molecule has 0 aromatic heterocycles. The molecule has 114 valence electrons. The van der Waals surface area contributed by atoms with E-state index in [1.807, 2.05) is 0 Å². The monoisotopic (exact) mass is 388 g/mol. The third kappa shape index (κ3) is 3.76. The van der Waals surface area contributed by atoms with Crippen molar-refractivity contribution in [2.45, 2.75) is 38.1 Å². The van der Waals surface area contributed by atoms with E-state index in [4.69, 9.17) is 29.6 Å². The van der Waals surface area contributed by atoms with Gasteiger partial charge in [-0.3, -0.25) is 4.79 Å². The highest BCUT2D eigenvalue weighted by Crippen LogP contribution is 2.33. The van der Waals surface area contributed by atoms with Gasteiger partial charge in [0.1, 0.15) is 0 Å². The largest absolute Gasteiger partial charge is 0.391 e. The first-order chi connectivity index (χ1) is 9.84. The van der Waals surface area contributed by atoms with Crippen LogP contribution in [0.3, 0.4) is 0 Å². The Morgan fingerprint density at radius 1 is 1.48 bits per heavy atom. The number of carbonyl (C=O) groups is 1. The minimum absolute atomic E-state index is 0.227. The summed E-state index contributed by atoms with van der Waals surface area (Å²) in [6, 6.07) is 5.19. The van der Waals surface area contributed by atoms with E-state index in [1.54, 1.807) is 18.2 Å². The standard InChI is InChI=1S/C15H18BrClN2OS/c1-9-4-6-15(7-5-9,14(18)21)19-13(20)11-3-2-10(16)8-12(11)17/h2-3,8-9H,4-7H2,1H3,(H2,18,21)(H,19,20). The van der Waals surface area contributed by atoms with Crippen molar-refractivity contribution < 1.29 is 4.79 Å². The second kappa shape index (κ2) is 6.63. The third-order valence-electron chi connectivity index (χ3n) is 4.13. The Kier molecular flexibility index (Phi) is 5.28. The molecule has 3 nitrogen and oxygen atoms in total. The second-order valence-electron chi connectivity index (χ2n) is 5.71. The van der Waals surface area contributed by atoms with Crippen LogP contribution >= 0.6 is 39.7 Å². The van der Waals surface area contributed by atoms with E-state index in [0.717, 1.165) is 30.2 Å². The van der Waals surface area contributed by atoms with Gasteiger partial charge in [0.15, 0.2) is 0 Å². The molecule has 1 aliphatic rings. The summed E-state index contributed by atoms with van der Waals surface area (Å²) in [6.45, 7) is 2.21. The highest BCUT2D eigenvalue weighted by atomic mass is 79.9. The molecule has 0 radical (unpaired) electrons. The van der Waals surface area contributed by atoms with E-state index in [9.17, 15) is 4.79 Å². The summed E-state index contributed by atoms with van der Waals surface area (Å²) < 4.78 is 0.833. The van der Waals surface area contributed by atoms with Crippen LogP contribution in [0.1, 0.15) is 43.0 Å². The highest BCUT2D eigenvalue weighted by Gasteiger charge is 2.38. The minimum atomic E-state index is -0.588. The Balaban J connectivity index is 2.21. The average Bonchev–Trinajstić information content (AvgIpc) is 2.41. The zero-order chi connectivity index (χ0) is 15.6. The van der Waals surface area contributed by atoms with E-state index in [-0.39, 0.29) is 5.91 Å². The highest BCUT2D eigenvalue weighted by molar-refractivity contribution is 9.10. The van der Waals surface area contributed by atoms with Gasteiger partial charge in [0, 0.05) is 4.47 Å². The molecule has 0 aliphatic heterocycles. The molecular formula is C15H18BrClN2OS. The van der Waals surface area contributed by atoms with Gasteiger partial charge >= 0.3 is 0 Å². The van der Waals surface area contributed by atoms with E-state index in [2.05, 4.69) is 28.2 Å². The number of rotatable bonds is 3. The number of amides is 1. The van der Waals surface area contributed by atoms with E-state index in [0.29, 0.717) is 21.5 Å². The van der Waals surface area contributed by atoms with Crippen LogP contribution in [-0.4, -0.2) is 16.4 Å². The Hall–Kier alpha value is -0.650. The summed E-state index contributed by atoms with van der Waals surface area (Å²) in [7, 11) is 0. The molecule has 0 atom stereocenters. The maximum absolute atomic E-state index is 12.5. The maximum Gasteiger partial charge on any atom is 0.253 e. The van der Waals surface area contributed by atoms with Gasteiger partial charge in [-0.05, 0) is 49.8 Å². The average molecular weight is 390 g/mol. The summed E-state index contributed by atoms with van der Waals surface area (Å²) in [4.78, 5) is 12.9. The lowest BCUT2D eigenvalue weighted by Gasteiger charge is -2.39. The van der Waals surface area contributed by atoms with E-state index in [1.165, 1.54) is 0 Å². The van der Waals surface area contributed by atoms with Crippen molar-refractivity contribution in [3.05, 3.63) is 33.3 Å². The molecule has 3 N–H and O–H groups in total. The van der Waals surface area contributed by atoms with Crippen LogP contribution < -0.4 is 11.1 Å². The predicted molar refractivity (Wildman–Crippen MR) is 93.8 cm³/mol. The van der Waals surface area contributed by atoms with Gasteiger partial charge in [0.2, 0.25) is 0 Å². The molecule has 1 amide bonds. The Morgan fingerprint density at radius 3 is 2.62 bits per heavy atom. The Labute approximate surface area is 143 Å². The van der Waals surface area contributed by atoms with Crippen LogP contribution in [0.4, 0.5) is 0 Å². The fourth-order valence-corrected chi connectivity index (χ4v) is 3.66. The minimum Gasteiger partial charge on any atom is -0.391 e. The molecule has 1 saturated carbocycles. The van der Waals surface area contributed by atoms with Crippen molar-refractivity contribution >= 4 is 50.6 Å². The number of nitrogens with one attached hydrogen (secondary N) is 1. The number of carbonyl (C=O) groups excluding carboxylic acids is 1. The lowest BCUT2D eigenvalue weighted by Crippen LogP contribution is -2.58. The molecule has 0 saturated heterocycles. The van der Waals surface area contributed by atoms with Gasteiger partial charge < -0.3 is 11.1 Å². The topological polar surface area (TPSA) is 55.1 Å². The van der Waals surface area contributed by atoms with Gasteiger partial charge in [0.25, 0.3) is 5.91 Å². The molecule has 21 heavy (non-hydrogen) atoms. The van der Waals surface area contributed by atoms with Gasteiger partial charge in [-0.2, -0.15) is 0 Å². The molecule has 2 rings (SSSR count). The van der Waals surface area contributed by atoms with Crippen LogP contribution in [0, 0.1) is 5.92 Å². The van der Waals surface area contributed by atoms with Crippen LogP contribution in [-0.2, 0) is 0 Å².